The van der Waals surface area contributed by atoms with Gasteiger partial charge in [0.25, 0.3) is 10.0 Å². The van der Waals surface area contributed by atoms with Crippen LogP contribution in [0.2, 0.25) is 5.02 Å². The van der Waals surface area contributed by atoms with E-state index in [1.807, 2.05) is 26.8 Å². The average molecular weight is 556 g/mol. The molecule has 3 aromatic carbocycles. The Balaban J connectivity index is 2.05. The van der Waals surface area contributed by atoms with Crippen LogP contribution in [0.25, 0.3) is 0 Å². The zero-order valence-corrected chi connectivity index (χ0v) is 23.5. The summed E-state index contributed by atoms with van der Waals surface area (Å²) in [5, 5.41) is 3.33. The van der Waals surface area contributed by atoms with Gasteiger partial charge in [0.1, 0.15) is 12.6 Å². The quantitative estimate of drug-likeness (QED) is 0.334. The lowest BCUT2D eigenvalue weighted by Gasteiger charge is -2.33. The summed E-state index contributed by atoms with van der Waals surface area (Å²) in [4.78, 5) is 28.6. The number of halogens is 1. The summed E-state index contributed by atoms with van der Waals surface area (Å²) < 4.78 is 28.7. The third-order valence-corrected chi connectivity index (χ3v) is 8.29. The van der Waals surface area contributed by atoms with Gasteiger partial charge in [-0.2, -0.15) is 0 Å². The van der Waals surface area contributed by atoms with Crippen molar-refractivity contribution >= 4 is 39.1 Å². The Morgan fingerprint density at radius 2 is 1.63 bits per heavy atom. The van der Waals surface area contributed by atoms with Gasteiger partial charge in [-0.3, -0.25) is 13.9 Å². The molecular formula is C29H34ClN3O4S. The van der Waals surface area contributed by atoms with Crippen molar-refractivity contribution in [2.45, 2.75) is 51.1 Å². The number of anilines is 1. The summed E-state index contributed by atoms with van der Waals surface area (Å²) in [6.45, 7) is 5.67. The Bertz CT molecular complexity index is 1350. The second-order valence-corrected chi connectivity index (χ2v) is 11.3. The summed E-state index contributed by atoms with van der Waals surface area (Å²) >= 11 is 6.41. The second-order valence-electron chi connectivity index (χ2n) is 8.99. The molecule has 0 bridgehead atoms. The van der Waals surface area contributed by atoms with E-state index in [1.165, 1.54) is 17.0 Å². The van der Waals surface area contributed by atoms with Crippen molar-refractivity contribution in [3.63, 3.8) is 0 Å². The number of rotatable bonds is 12. The van der Waals surface area contributed by atoms with E-state index in [9.17, 15) is 18.0 Å². The van der Waals surface area contributed by atoms with E-state index in [0.717, 1.165) is 16.3 Å². The van der Waals surface area contributed by atoms with Gasteiger partial charge in [-0.1, -0.05) is 74.0 Å². The van der Waals surface area contributed by atoms with Crippen LogP contribution in [0.3, 0.4) is 0 Å². The maximum atomic E-state index is 14.0. The van der Waals surface area contributed by atoms with E-state index in [1.54, 1.807) is 60.7 Å². The molecule has 1 atom stereocenters. The van der Waals surface area contributed by atoms with Crippen LogP contribution in [0.4, 0.5) is 5.69 Å². The Labute approximate surface area is 230 Å². The van der Waals surface area contributed by atoms with Gasteiger partial charge in [0.2, 0.25) is 11.8 Å². The molecule has 0 aliphatic rings. The second kappa shape index (κ2) is 13.4. The molecule has 1 unspecified atom stereocenters. The minimum atomic E-state index is -4.09. The summed E-state index contributed by atoms with van der Waals surface area (Å²) in [6.07, 6.45) is 1.10. The monoisotopic (exact) mass is 555 g/mol. The molecule has 3 rings (SSSR count). The van der Waals surface area contributed by atoms with Crippen LogP contribution >= 0.6 is 11.6 Å². The average Bonchev–Trinajstić information content (AvgIpc) is 2.91. The van der Waals surface area contributed by atoms with Gasteiger partial charge < -0.3 is 10.2 Å². The number of carbonyl (C=O) groups is 2. The highest BCUT2D eigenvalue weighted by atomic mass is 35.5. The molecule has 1 N–H and O–H groups in total. The van der Waals surface area contributed by atoms with Crippen molar-refractivity contribution < 1.29 is 18.0 Å². The van der Waals surface area contributed by atoms with Gasteiger partial charge in [-0.25, -0.2) is 8.42 Å². The Morgan fingerprint density at radius 3 is 2.26 bits per heavy atom. The molecule has 7 nitrogen and oxygen atoms in total. The van der Waals surface area contributed by atoms with Gasteiger partial charge in [-0.05, 0) is 61.2 Å². The topological polar surface area (TPSA) is 86.8 Å². The number of carbonyl (C=O) groups excluding carboxylic acids is 2. The predicted molar refractivity (Wildman–Crippen MR) is 152 cm³/mol. The molecule has 0 heterocycles. The molecule has 0 aromatic heterocycles. The lowest BCUT2D eigenvalue weighted by atomic mass is 10.1. The molecule has 0 aliphatic heterocycles. The Kier molecular flexibility index (Phi) is 10.3. The van der Waals surface area contributed by atoms with Crippen LogP contribution < -0.4 is 9.62 Å². The van der Waals surface area contributed by atoms with Crippen molar-refractivity contribution in [1.29, 1.82) is 0 Å². The molecule has 0 spiro atoms. The molecule has 0 radical (unpaired) electrons. The Morgan fingerprint density at radius 1 is 0.947 bits per heavy atom. The van der Waals surface area contributed by atoms with Crippen LogP contribution in [-0.4, -0.2) is 44.3 Å². The standard InChI is InChI=1S/C29H34ClN3O4S/c1-4-18-31-29(35)27(5-2)32(20-23-13-9-10-17-26(23)30)28(34)21-33(24-14-11-12-22(3)19-24)38(36,37)25-15-7-6-8-16-25/h6-17,19,27H,4-5,18,20-21H2,1-3H3,(H,31,35). The number of amides is 2. The fourth-order valence-electron chi connectivity index (χ4n) is 4.13. The summed E-state index contributed by atoms with van der Waals surface area (Å²) in [5.74, 6) is -0.799. The summed E-state index contributed by atoms with van der Waals surface area (Å²) in [5.41, 5.74) is 1.88. The summed E-state index contributed by atoms with van der Waals surface area (Å²) in [7, 11) is -4.09. The smallest absolute Gasteiger partial charge is 0.264 e. The van der Waals surface area contributed by atoms with Gasteiger partial charge in [-0.15, -0.1) is 0 Å². The number of sulfonamides is 1. The predicted octanol–water partition coefficient (Wildman–Crippen LogP) is 5.18. The molecule has 3 aromatic rings. The highest BCUT2D eigenvalue weighted by Crippen LogP contribution is 2.26. The zero-order chi connectivity index (χ0) is 27.7. The van der Waals surface area contributed by atoms with E-state index in [2.05, 4.69) is 5.32 Å². The molecule has 2 amide bonds. The molecule has 38 heavy (non-hydrogen) atoms. The van der Waals surface area contributed by atoms with Gasteiger partial charge in [0.05, 0.1) is 10.6 Å². The first-order valence-electron chi connectivity index (χ1n) is 12.6. The lowest BCUT2D eigenvalue weighted by molar-refractivity contribution is -0.140. The molecule has 202 valence electrons. The maximum absolute atomic E-state index is 14.0. The Hall–Kier alpha value is -3.36. The van der Waals surface area contributed by atoms with Crippen molar-refractivity contribution in [2.75, 3.05) is 17.4 Å². The molecule has 0 saturated heterocycles. The first-order chi connectivity index (χ1) is 18.2. The van der Waals surface area contributed by atoms with E-state index < -0.39 is 28.5 Å². The van der Waals surface area contributed by atoms with Crippen LogP contribution in [-0.2, 0) is 26.2 Å². The van der Waals surface area contributed by atoms with E-state index >= 15 is 0 Å². The van der Waals surface area contributed by atoms with Crippen molar-refractivity contribution in [2.24, 2.45) is 0 Å². The van der Waals surface area contributed by atoms with Crippen LogP contribution in [0, 0.1) is 6.92 Å². The lowest BCUT2D eigenvalue weighted by Crippen LogP contribution is -2.52. The third-order valence-electron chi connectivity index (χ3n) is 6.13. The van der Waals surface area contributed by atoms with E-state index in [0.29, 0.717) is 29.2 Å². The van der Waals surface area contributed by atoms with Crippen molar-refractivity contribution in [3.8, 4) is 0 Å². The fourth-order valence-corrected chi connectivity index (χ4v) is 5.75. The first kappa shape index (κ1) is 29.2. The molecule has 0 aliphatic carbocycles. The molecule has 9 heteroatoms. The van der Waals surface area contributed by atoms with Crippen LogP contribution in [0.1, 0.15) is 37.8 Å². The number of benzene rings is 3. The SMILES string of the molecule is CCCNC(=O)C(CC)N(Cc1ccccc1Cl)C(=O)CN(c1cccc(C)c1)S(=O)(=O)c1ccccc1. The highest BCUT2D eigenvalue weighted by molar-refractivity contribution is 7.92. The number of aryl methyl sites for hydroxylation is 1. The van der Waals surface area contributed by atoms with Gasteiger partial charge in [0, 0.05) is 18.1 Å². The van der Waals surface area contributed by atoms with E-state index in [-0.39, 0.29) is 17.3 Å². The number of hydrogen-bond acceptors (Lipinski definition) is 4. The molecule has 0 saturated carbocycles. The van der Waals surface area contributed by atoms with Crippen LogP contribution in [0.5, 0.6) is 0 Å². The highest BCUT2D eigenvalue weighted by Gasteiger charge is 2.33. The minimum absolute atomic E-state index is 0.0591. The molecular weight excluding hydrogens is 522 g/mol. The number of nitrogens with zero attached hydrogens (tertiary/aromatic N) is 2. The van der Waals surface area contributed by atoms with Crippen molar-refractivity contribution in [3.05, 3.63) is 95.0 Å². The zero-order valence-electron chi connectivity index (χ0n) is 21.9. The fraction of sp³-hybridized carbons (Fsp3) is 0.310. The summed E-state index contributed by atoms with van der Waals surface area (Å²) in [6, 6.07) is 21.3. The van der Waals surface area contributed by atoms with Crippen LogP contribution in [0.15, 0.2) is 83.8 Å². The largest absolute Gasteiger partial charge is 0.354 e. The van der Waals surface area contributed by atoms with Gasteiger partial charge >= 0.3 is 0 Å². The van der Waals surface area contributed by atoms with Crippen molar-refractivity contribution in [1.82, 2.24) is 10.2 Å². The number of nitrogens with one attached hydrogen (secondary N) is 1. The maximum Gasteiger partial charge on any atom is 0.264 e. The molecule has 0 fully saturated rings. The minimum Gasteiger partial charge on any atom is -0.354 e. The third kappa shape index (κ3) is 7.14. The normalized spacial score (nSPS) is 12.0. The number of hydrogen-bond donors (Lipinski definition) is 1. The van der Waals surface area contributed by atoms with E-state index in [4.69, 9.17) is 11.6 Å². The first-order valence-corrected chi connectivity index (χ1v) is 14.5. The van der Waals surface area contributed by atoms with Gasteiger partial charge in [0.15, 0.2) is 0 Å².